The van der Waals surface area contributed by atoms with Crippen LogP contribution in [0.3, 0.4) is 0 Å². The Morgan fingerprint density at radius 3 is 2.59 bits per heavy atom. The van der Waals surface area contributed by atoms with Crippen LogP contribution in [-0.4, -0.2) is 65.7 Å². The fourth-order valence-corrected chi connectivity index (χ4v) is 2.22. The van der Waals surface area contributed by atoms with Gasteiger partial charge in [-0.3, -0.25) is 4.90 Å². The Morgan fingerprint density at radius 2 is 2.00 bits per heavy atom. The molecule has 2 unspecified atom stereocenters. The molecule has 0 saturated carbocycles. The predicted octanol–water partition coefficient (Wildman–Crippen LogP) is -2.20. The number of hydrogen-bond acceptors (Lipinski definition) is 4. The number of urea groups is 2. The summed E-state index contributed by atoms with van der Waals surface area (Å²) in [6.45, 7) is 0.0286. The molecule has 2 atom stereocenters. The lowest BCUT2D eigenvalue weighted by molar-refractivity contribution is -0.305. The Morgan fingerprint density at radius 1 is 1.35 bits per heavy atom. The van der Waals surface area contributed by atoms with E-state index in [1.807, 2.05) is 0 Å². The number of amides is 4. The highest BCUT2D eigenvalue weighted by molar-refractivity contribution is 5.85. The first-order chi connectivity index (χ1) is 7.93. The maximum atomic E-state index is 11.7. The normalized spacial score (nSPS) is 27.5. The van der Waals surface area contributed by atoms with Crippen molar-refractivity contribution in [2.24, 2.45) is 0 Å². The van der Waals surface area contributed by atoms with Crippen LogP contribution in [-0.2, 0) is 4.79 Å². The Balaban J connectivity index is 2.15. The molecule has 0 bridgehead atoms. The second-order valence-corrected chi connectivity index (χ2v) is 4.13. The van der Waals surface area contributed by atoms with Gasteiger partial charge in [-0.25, -0.2) is 9.59 Å². The number of fused-ring (bicyclic) bond motifs is 1. The zero-order chi connectivity index (χ0) is 12.7. The Labute approximate surface area is 97.8 Å². The molecule has 0 spiro atoms. The van der Waals surface area contributed by atoms with Gasteiger partial charge in [-0.2, -0.15) is 0 Å². The predicted molar refractivity (Wildman–Crippen MR) is 53.4 cm³/mol. The van der Waals surface area contributed by atoms with E-state index in [1.54, 1.807) is 14.1 Å². The number of carboxylic acid groups (broad SMARTS) is 1. The third-order valence-electron chi connectivity index (χ3n) is 3.11. The Kier molecular flexibility index (Phi) is 2.56. The van der Waals surface area contributed by atoms with Gasteiger partial charge < -0.3 is 25.0 Å². The van der Waals surface area contributed by atoms with E-state index in [9.17, 15) is 19.5 Å². The van der Waals surface area contributed by atoms with Crippen molar-refractivity contribution < 1.29 is 19.5 Å². The molecular formula is C9H13N4O4-. The molecule has 2 aliphatic heterocycles. The van der Waals surface area contributed by atoms with E-state index in [0.29, 0.717) is 0 Å². The molecule has 1 N–H and O–H groups in total. The van der Waals surface area contributed by atoms with E-state index >= 15 is 0 Å². The van der Waals surface area contributed by atoms with Crippen molar-refractivity contribution in [3.05, 3.63) is 0 Å². The first kappa shape index (κ1) is 11.5. The molecule has 8 nitrogen and oxygen atoms in total. The number of rotatable bonds is 3. The van der Waals surface area contributed by atoms with Crippen LogP contribution in [0.25, 0.3) is 0 Å². The molecule has 2 heterocycles. The molecule has 0 radical (unpaired) electrons. The van der Waals surface area contributed by atoms with Crippen molar-refractivity contribution >= 4 is 18.0 Å². The van der Waals surface area contributed by atoms with Crippen molar-refractivity contribution in [2.75, 3.05) is 20.6 Å². The fourth-order valence-electron chi connectivity index (χ4n) is 2.22. The maximum absolute atomic E-state index is 11.7. The second kappa shape index (κ2) is 3.79. The summed E-state index contributed by atoms with van der Waals surface area (Å²) in [5.74, 6) is -1.22. The molecule has 17 heavy (non-hydrogen) atoms. The van der Waals surface area contributed by atoms with Crippen LogP contribution in [0.4, 0.5) is 9.59 Å². The standard InChI is InChI=1S/C9H14N4O4/c1-11-6-7(12(2)9(11)17)13(8(16)10-6)4-3-5(14)15/h6-7H,3-4H2,1-2H3,(H,10,16)(H,14,15)/p-1. The molecule has 2 saturated heterocycles. The molecule has 2 aliphatic rings. The molecule has 8 heteroatoms. The van der Waals surface area contributed by atoms with Crippen LogP contribution < -0.4 is 10.4 Å². The molecule has 4 amide bonds. The van der Waals surface area contributed by atoms with Gasteiger partial charge in [0, 0.05) is 33.0 Å². The lowest BCUT2D eigenvalue weighted by Gasteiger charge is -2.26. The number of aliphatic carboxylic acids is 1. The zero-order valence-electron chi connectivity index (χ0n) is 9.54. The summed E-state index contributed by atoms with van der Waals surface area (Å²) < 4.78 is 0. The summed E-state index contributed by atoms with van der Waals surface area (Å²) in [7, 11) is 3.17. The summed E-state index contributed by atoms with van der Waals surface area (Å²) in [5, 5.41) is 13.0. The van der Waals surface area contributed by atoms with Gasteiger partial charge in [-0.05, 0) is 0 Å². The first-order valence-electron chi connectivity index (χ1n) is 5.20. The Bertz CT molecular complexity index is 385. The van der Waals surface area contributed by atoms with Crippen molar-refractivity contribution in [2.45, 2.75) is 18.8 Å². The average Bonchev–Trinajstić information content (AvgIpc) is 2.68. The minimum absolute atomic E-state index is 0.0286. The maximum Gasteiger partial charge on any atom is 0.323 e. The fraction of sp³-hybridized carbons (Fsp3) is 0.667. The zero-order valence-corrected chi connectivity index (χ0v) is 9.54. The Hall–Kier alpha value is -1.99. The highest BCUT2D eigenvalue weighted by Gasteiger charge is 2.52. The summed E-state index contributed by atoms with van der Waals surface area (Å²) in [6, 6.07) is -0.578. The van der Waals surface area contributed by atoms with Gasteiger partial charge in [0.2, 0.25) is 0 Å². The summed E-state index contributed by atoms with van der Waals surface area (Å²) in [6.07, 6.45) is -1.14. The van der Waals surface area contributed by atoms with Gasteiger partial charge in [0.05, 0.1) is 0 Å². The number of nitrogens with one attached hydrogen (secondary N) is 1. The minimum Gasteiger partial charge on any atom is -0.550 e. The number of carbonyl (C=O) groups excluding carboxylic acids is 3. The summed E-state index contributed by atoms with van der Waals surface area (Å²) in [5.41, 5.74) is 0. The topological polar surface area (TPSA) is 96.0 Å². The lowest BCUT2D eigenvalue weighted by atomic mass is 10.3. The second-order valence-electron chi connectivity index (χ2n) is 4.13. The molecule has 2 fully saturated rings. The van der Waals surface area contributed by atoms with Crippen LogP contribution in [0.2, 0.25) is 0 Å². The summed E-state index contributed by atoms with van der Waals surface area (Å²) in [4.78, 5) is 37.9. The molecule has 0 aromatic carbocycles. The number of carboxylic acids is 1. The van der Waals surface area contributed by atoms with Gasteiger partial charge in [-0.1, -0.05) is 0 Å². The van der Waals surface area contributed by atoms with Crippen molar-refractivity contribution in [3.63, 3.8) is 0 Å². The van der Waals surface area contributed by atoms with Crippen LogP contribution in [0.15, 0.2) is 0 Å². The number of nitrogens with zero attached hydrogens (tertiary/aromatic N) is 3. The van der Waals surface area contributed by atoms with Crippen molar-refractivity contribution in [1.29, 1.82) is 0 Å². The summed E-state index contributed by atoms with van der Waals surface area (Å²) >= 11 is 0. The van der Waals surface area contributed by atoms with Crippen LogP contribution in [0.1, 0.15) is 6.42 Å². The van der Waals surface area contributed by atoms with E-state index in [0.717, 1.165) is 0 Å². The molecular weight excluding hydrogens is 228 g/mol. The largest absolute Gasteiger partial charge is 0.550 e. The van der Waals surface area contributed by atoms with Crippen LogP contribution in [0, 0.1) is 0 Å². The molecule has 2 rings (SSSR count). The quantitative estimate of drug-likeness (QED) is 0.606. The van der Waals surface area contributed by atoms with E-state index in [2.05, 4.69) is 5.32 Å². The number of carbonyl (C=O) groups is 3. The van der Waals surface area contributed by atoms with E-state index in [4.69, 9.17) is 0 Å². The van der Waals surface area contributed by atoms with E-state index in [1.165, 1.54) is 14.7 Å². The van der Waals surface area contributed by atoms with Gasteiger partial charge in [0.1, 0.15) is 12.3 Å². The third kappa shape index (κ3) is 1.65. The van der Waals surface area contributed by atoms with Crippen LogP contribution >= 0.6 is 0 Å². The molecule has 0 aromatic rings. The smallest absolute Gasteiger partial charge is 0.323 e. The van der Waals surface area contributed by atoms with Gasteiger partial charge in [0.15, 0.2) is 0 Å². The van der Waals surface area contributed by atoms with Crippen molar-refractivity contribution in [1.82, 2.24) is 20.0 Å². The van der Waals surface area contributed by atoms with Gasteiger partial charge in [0.25, 0.3) is 0 Å². The lowest BCUT2D eigenvalue weighted by Crippen LogP contribution is -2.45. The van der Waals surface area contributed by atoms with Gasteiger partial charge >= 0.3 is 12.1 Å². The van der Waals surface area contributed by atoms with Crippen molar-refractivity contribution in [3.8, 4) is 0 Å². The SMILES string of the molecule is CN1C(=O)N(C)C2C1NC(=O)N2CCC(=O)[O-]. The number of likely N-dealkylation sites (N-methyl/N-ethyl adjacent to an activating group) is 2. The first-order valence-corrected chi connectivity index (χ1v) is 5.20. The third-order valence-corrected chi connectivity index (χ3v) is 3.11. The molecule has 0 aliphatic carbocycles. The van der Waals surface area contributed by atoms with Crippen LogP contribution in [0.5, 0.6) is 0 Å². The van der Waals surface area contributed by atoms with E-state index < -0.39 is 18.3 Å². The molecule has 0 aromatic heterocycles. The van der Waals surface area contributed by atoms with Gasteiger partial charge in [-0.15, -0.1) is 0 Å². The number of hydrogen-bond donors (Lipinski definition) is 1. The molecule has 94 valence electrons. The minimum atomic E-state index is -1.22. The van der Waals surface area contributed by atoms with E-state index in [-0.39, 0.29) is 25.0 Å². The average molecular weight is 241 g/mol. The highest BCUT2D eigenvalue weighted by Crippen LogP contribution is 2.26. The highest BCUT2D eigenvalue weighted by atomic mass is 16.4. The monoisotopic (exact) mass is 241 g/mol.